The Morgan fingerprint density at radius 1 is 1.46 bits per heavy atom. The van der Waals surface area contributed by atoms with Crippen LogP contribution in [0.5, 0.6) is 0 Å². The molecule has 0 spiro atoms. The van der Waals surface area contributed by atoms with E-state index in [0.29, 0.717) is 16.0 Å². The molecule has 1 aliphatic heterocycles. The second-order valence-electron chi connectivity index (χ2n) is 6.24. The fourth-order valence-corrected chi connectivity index (χ4v) is 4.19. The summed E-state index contributed by atoms with van der Waals surface area (Å²) in [5.41, 5.74) is -1.05. The molecule has 148 valence electrons. The predicted molar refractivity (Wildman–Crippen MR) is 100 cm³/mol. The summed E-state index contributed by atoms with van der Waals surface area (Å²) in [5.74, 6) is -0.585. The molecular weight excluding hydrogens is 461 g/mol. The Labute approximate surface area is 169 Å². The minimum atomic E-state index is -4.66. The van der Waals surface area contributed by atoms with Crippen LogP contribution in [0.15, 0.2) is 28.1 Å². The molecule has 1 amide bonds. The Hall–Kier alpha value is -1.98. The average Bonchev–Trinajstić information content (AvgIpc) is 3.40. The fourth-order valence-electron chi connectivity index (χ4n) is 2.98. The second kappa shape index (κ2) is 7.45. The van der Waals surface area contributed by atoms with Crippen LogP contribution in [0.1, 0.15) is 29.0 Å². The summed E-state index contributed by atoms with van der Waals surface area (Å²) in [5, 5.41) is 8.30. The quantitative estimate of drug-likeness (QED) is 0.616. The SMILES string of the molecule is O=C(NC[C@@H]1CCCO1)c1nn2c(C(F)(F)F)cc(-c3cccs3)nc2c1Br. The molecule has 3 aromatic heterocycles. The summed E-state index contributed by atoms with van der Waals surface area (Å²) < 4.78 is 47.1. The van der Waals surface area contributed by atoms with Gasteiger partial charge in [0, 0.05) is 13.2 Å². The molecule has 0 aliphatic carbocycles. The van der Waals surface area contributed by atoms with Crippen molar-refractivity contribution in [3.05, 3.63) is 39.4 Å². The number of aromatic nitrogens is 3. The van der Waals surface area contributed by atoms with Gasteiger partial charge < -0.3 is 10.1 Å². The fraction of sp³-hybridized carbons (Fsp3) is 0.353. The third kappa shape index (κ3) is 3.65. The van der Waals surface area contributed by atoms with E-state index in [2.05, 4.69) is 31.3 Å². The highest BCUT2D eigenvalue weighted by Gasteiger charge is 2.36. The zero-order valence-electron chi connectivity index (χ0n) is 14.3. The Balaban J connectivity index is 1.75. The van der Waals surface area contributed by atoms with Crippen molar-refractivity contribution in [3.63, 3.8) is 0 Å². The van der Waals surface area contributed by atoms with Gasteiger partial charge in [0.25, 0.3) is 5.91 Å². The van der Waals surface area contributed by atoms with Crippen molar-refractivity contribution >= 4 is 38.8 Å². The first-order valence-electron chi connectivity index (χ1n) is 8.45. The van der Waals surface area contributed by atoms with E-state index in [9.17, 15) is 18.0 Å². The zero-order chi connectivity index (χ0) is 19.9. The van der Waals surface area contributed by atoms with Crippen LogP contribution in [-0.4, -0.2) is 39.8 Å². The summed E-state index contributed by atoms with van der Waals surface area (Å²) in [6, 6.07) is 4.35. The van der Waals surface area contributed by atoms with Gasteiger partial charge in [0.2, 0.25) is 0 Å². The number of thiophene rings is 1. The highest BCUT2D eigenvalue weighted by atomic mass is 79.9. The number of amides is 1. The summed E-state index contributed by atoms with van der Waals surface area (Å²) in [7, 11) is 0. The average molecular weight is 475 g/mol. The molecule has 4 rings (SSSR count). The van der Waals surface area contributed by atoms with Gasteiger partial charge in [-0.15, -0.1) is 11.3 Å². The molecule has 0 saturated carbocycles. The highest BCUT2D eigenvalue weighted by Crippen LogP contribution is 2.35. The molecule has 1 atom stereocenters. The van der Waals surface area contributed by atoms with Gasteiger partial charge in [0.05, 0.1) is 21.1 Å². The van der Waals surface area contributed by atoms with E-state index in [1.807, 2.05) is 0 Å². The van der Waals surface area contributed by atoms with Crippen molar-refractivity contribution in [1.29, 1.82) is 0 Å². The lowest BCUT2D eigenvalue weighted by Gasteiger charge is -2.10. The first-order chi connectivity index (χ1) is 13.3. The smallest absolute Gasteiger partial charge is 0.376 e. The number of carbonyl (C=O) groups excluding carboxylic acids is 1. The summed E-state index contributed by atoms with van der Waals surface area (Å²) in [6.07, 6.45) is -3.00. The normalized spacial score (nSPS) is 17.4. The maximum absolute atomic E-state index is 13.6. The Bertz CT molecular complexity index is 1010. The molecule has 6 nitrogen and oxygen atoms in total. The third-order valence-corrected chi connectivity index (χ3v) is 5.95. The van der Waals surface area contributed by atoms with Crippen molar-refractivity contribution in [2.45, 2.75) is 25.1 Å². The van der Waals surface area contributed by atoms with Crippen molar-refractivity contribution in [2.24, 2.45) is 0 Å². The number of hydrogen-bond acceptors (Lipinski definition) is 5. The standard InChI is InChI=1S/C17H14BrF3N4O2S/c18-13-14(16(26)22-8-9-3-1-5-27-9)24-25-12(17(19,20)21)7-10(23-15(13)25)11-4-2-6-28-11/h2,4,6-7,9H,1,3,5,8H2,(H,22,26)/t9-/m0/s1. The first kappa shape index (κ1) is 19.3. The van der Waals surface area contributed by atoms with E-state index < -0.39 is 17.8 Å². The number of carbonyl (C=O) groups is 1. The van der Waals surface area contributed by atoms with E-state index in [4.69, 9.17) is 4.74 Å². The highest BCUT2D eigenvalue weighted by molar-refractivity contribution is 9.10. The van der Waals surface area contributed by atoms with E-state index in [1.54, 1.807) is 17.5 Å². The number of nitrogens with one attached hydrogen (secondary N) is 1. The monoisotopic (exact) mass is 474 g/mol. The molecule has 11 heteroatoms. The molecular formula is C17H14BrF3N4O2S. The molecule has 0 aromatic carbocycles. The molecule has 1 N–H and O–H groups in total. The Morgan fingerprint density at radius 3 is 2.93 bits per heavy atom. The van der Waals surface area contributed by atoms with Gasteiger partial charge in [-0.2, -0.15) is 18.3 Å². The van der Waals surface area contributed by atoms with E-state index in [-0.39, 0.29) is 34.2 Å². The van der Waals surface area contributed by atoms with Gasteiger partial charge >= 0.3 is 6.18 Å². The molecule has 0 radical (unpaired) electrons. The van der Waals surface area contributed by atoms with Crippen molar-refractivity contribution in [2.75, 3.05) is 13.2 Å². The molecule has 0 bridgehead atoms. The van der Waals surface area contributed by atoms with Crippen molar-refractivity contribution in [3.8, 4) is 10.6 Å². The van der Waals surface area contributed by atoms with Crippen LogP contribution in [0.25, 0.3) is 16.2 Å². The summed E-state index contributed by atoms with van der Waals surface area (Å²) in [6.45, 7) is 0.919. The second-order valence-corrected chi connectivity index (χ2v) is 7.99. The van der Waals surface area contributed by atoms with Crippen LogP contribution in [0.2, 0.25) is 0 Å². The first-order valence-corrected chi connectivity index (χ1v) is 10.1. The molecule has 1 saturated heterocycles. The summed E-state index contributed by atoms with van der Waals surface area (Å²) >= 11 is 4.48. The predicted octanol–water partition coefficient (Wildman–Crippen LogP) is 4.15. The van der Waals surface area contributed by atoms with Gasteiger partial charge in [-0.1, -0.05) is 6.07 Å². The molecule has 4 heterocycles. The summed E-state index contributed by atoms with van der Waals surface area (Å²) in [4.78, 5) is 17.4. The maximum atomic E-state index is 13.6. The van der Waals surface area contributed by atoms with Crippen LogP contribution in [0.3, 0.4) is 0 Å². The molecule has 1 aliphatic rings. The Morgan fingerprint density at radius 2 is 2.29 bits per heavy atom. The largest absolute Gasteiger partial charge is 0.433 e. The van der Waals surface area contributed by atoms with Crippen LogP contribution in [0.4, 0.5) is 13.2 Å². The number of nitrogens with zero attached hydrogens (tertiary/aromatic N) is 3. The number of alkyl halides is 3. The molecule has 3 aromatic rings. The molecule has 0 unspecified atom stereocenters. The maximum Gasteiger partial charge on any atom is 0.433 e. The van der Waals surface area contributed by atoms with Crippen molar-refractivity contribution in [1.82, 2.24) is 19.9 Å². The van der Waals surface area contributed by atoms with Crippen LogP contribution >= 0.6 is 27.3 Å². The van der Waals surface area contributed by atoms with E-state index in [1.165, 1.54) is 11.3 Å². The number of ether oxygens (including phenoxy) is 1. The minimum Gasteiger partial charge on any atom is -0.376 e. The van der Waals surface area contributed by atoms with Crippen LogP contribution in [0, 0.1) is 0 Å². The minimum absolute atomic E-state index is 0.0690. The lowest BCUT2D eigenvalue weighted by Crippen LogP contribution is -2.32. The van der Waals surface area contributed by atoms with Gasteiger partial charge in [-0.3, -0.25) is 4.79 Å². The van der Waals surface area contributed by atoms with E-state index >= 15 is 0 Å². The van der Waals surface area contributed by atoms with Crippen molar-refractivity contribution < 1.29 is 22.7 Å². The van der Waals surface area contributed by atoms with Gasteiger partial charge in [0.1, 0.15) is 0 Å². The molecule has 28 heavy (non-hydrogen) atoms. The van der Waals surface area contributed by atoms with Gasteiger partial charge in [0.15, 0.2) is 17.0 Å². The van der Waals surface area contributed by atoms with Gasteiger partial charge in [-0.05, 0) is 46.3 Å². The lowest BCUT2D eigenvalue weighted by molar-refractivity contribution is -0.142. The zero-order valence-corrected chi connectivity index (χ0v) is 16.7. The van der Waals surface area contributed by atoms with Crippen LogP contribution < -0.4 is 5.32 Å². The lowest BCUT2D eigenvalue weighted by atomic mass is 10.2. The topological polar surface area (TPSA) is 68.5 Å². The van der Waals surface area contributed by atoms with E-state index in [0.717, 1.165) is 18.9 Å². The number of fused-ring (bicyclic) bond motifs is 1. The van der Waals surface area contributed by atoms with Crippen LogP contribution in [-0.2, 0) is 10.9 Å². The molecule has 1 fully saturated rings. The van der Waals surface area contributed by atoms with Gasteiger partial charge in [-0.25, -0.2) is 9.50 Å². The number of halogens is 4. The number of hydrogen-bond donors (Lipinski definition) is 1. The number of rotatable bonds is 4. The third-order valence-electron chi connectivity index (χ3n) is 4.33. The Kier molecular flexibility index (Phi) is 5.15.